The molecule has 0 heterocycles. The van der Waals surface area contributed by atoms with Gasteiger partial charge in [-0.25, -0.2) is 13.8 Å². The number of aromatic hydroxyl groups is 2. The van der Waals surface area contributed by atoms with Crippen molar-refractivity contribution in [3.8, 4) is 11.5 Å². The second-order valence-corrected chi connectivity index (χ2v) is 8.73. The van der Waals surface area contributed by atoms with Crippen LogP contribution in [-0.2, 0) is 10.0 Å². The molecular formula is C20H15Cl2N3O5S. The molecule has 11 heteroatoms. The van der Waals surface area contributed by atoms with Crippen molar-refractivity contribution in [2.75, 3.05) is 4.72 Å². The van der Waals surface area contributed by atoms with Gasteiger partial charge in [0.1, 0.15) is 0 Å². The molecule has 0 aromatic heterocycles. The molecule has 160 valence electrons. The standard InChI is InChI=1S/C20H15Cl2N3O5S/c21-14-5-6-16(22)17(10-14)25-31(29,30)15-3-1-2-13(9-15)20(28)24-23-11-12-4-7-18(26)19(27)8-12/h1-11,25-27H,(H,24,28)/b23-11+. The summed E-state index contributed by atoms with van der Waals surface area (Å²) in [6.07, 6.45) is 1.25. The average molecular weight is 480 g/mol. The third kappa shape index (κ3) is 5.66. The third-order valence-corrected chi connectivity index (χ3v) is 5.89. The number of hydrogen-bond donors (Lipinski definition) is 4. The van der Waals surface area contributed by atoms with Crippen molar-refractivity contribution >= 4 is 51.0 Å². The number of nitrogens with one attached hydrogen (secondary N) is 2. The van der Waals surface area contributed by atoms with Crippen molar-refractivity contribution in [2.24, 2.45) is 5.10 Å². The SMILES string of the molecule is O=C(N/N=C/c1ccc(O)c(O)c1)c1cccc(S(=O)(=O)Nc2cc(Cl)ccc2Cl)c1. The fourth-order valence-corrected chi connectivity index (χ4v) is 3.94. The predicted octanol–water partition coefficient (Wildman–Crippen LogP) is 3.97. The van der Waals surface area contributed by atoms with Gasteiger partial charge in [0.2, 0.25) is 0 Å². The van der Waals surface area contributed by atoms with Crippen LogP contribution in [0.4, 0.5) is 5.69 Å². The molecule has 0 aliphatic heterocycles. The summed E-state index contributed by atoms with van der Waals surface area (Å²) in [6, 6.07) is 13.7. The van der Waals surface area contributed by atoms with Gasteiger partial charge in [-0.2, -0.15) is 5.10 Å². The van der Waals surface area contributed by atoms with Crippen molar-refractivity contribution in [3.63, 3.8) is 0 Å². The molecule has 0 saturated carbocycles. The molecule has 0 aliphatic carbocycles. The van der Waals surface area contributed by atoms with E-state index in [0.717, 1.165) is 0 Å². The van der Waals surface area contributed by atoms with Crippen molar-refractivity contribution in [2.45, 2.75) is 4.90 Å². The minimum absolute atomic E-state index is 0.0470. The van der Waals surface area contributed by atoms with Gasteiger partial charge in [-0.1, -0.05) is 29.3 Å². The van der Waals surface area contributed by atoms with Gasteiger partial charge in [0.25, 0.3) is 15.9 Å². The van der Waals surface area contributed by atoms with E-state index in [1.165, 1.54) is 66.9 Å². The summed E-state index contributed by atoms with van der Waals surface area (Å²) in [5, 5.41) is 23.0. The Balaban J connectivity index is 1.75. The molecule has 0 unspecified atom stereocenters. The van der Waals surface area contributed by atoms with E-state index in [-0.39, 0.29) is 32.7 Å². The van der Waals surface area contributed by atoms with E-state index in [1.54, 1.807) is 0 Å². The molecule has 1 amide bonds. The van der Waals surface area contributed by atoms with Gasteiger partial charge in [0.05, 0.1) is 21.8 Å². The number of rotatable bonds is 6. The third-order valence-electron chi connectivity index (χ3n) is 3.96. The van der Waals surface area contributed by atoms with E-state index in [4.69, 9.17) is 23.2 Å². The van der Waals surface area contributed by atoms with E-state index in [2.05, 4.69) is 15.2 Å². The molecule has 4 N–H and O–H groups in total. The molecule has 0 bridgehead atoms. The first-order valence-corrected chi connectivity index (χ1v) is 10.8. The summed E-state index contributed by atoms with van der Waals surface area (Å²) in [5.41, 5.74) is 2.83. The minimum atomic E-state index is -4.04. The molecule has 8 nitrogen and oxygen atoms in total. The Bertz CT molecular complexity index is 1280. The van der Waals surface area contributed by atoms with E-state index in [9.17, 15) is 23.4 Å². The highest BCUT2D eigenvalue weighted by atomic mass is 35.5. The van der Waals surface area contributed by atoms with Crippen LogP contribution in [0.25, 0.3) is 0 Å². The van der Waals surface area contributed by atoms with Crippen molar-refractivity contribution in [1.29, 1.82) is 0 Å². The van der Waals surface area contributed by atoms with E-state index >= 15 is 0 Å². The summed E-state index contributed by atoms with van der Waals surface area (Å²) in [6.45, 7) is 0. The van der Waals surface area contributed by atoms with Gasteiger partial charge >= 0.3 is 0 Å². The van der Waals surface area contributed by atoms with Crippen LogP contribution in [0.15, 0.2) is 70.7 Å². The number of benzene rings is 3. The lowest BCUT2D eigenvalue weighted by Crippen LogP contribution is -2.19. The Morgan fingerprint density at radius 3 is 2.48 bits per heavy atom. The monoisotopic (exact) mass is 479 g/mol. The predicted molar refractivity (Wildman–Crippen MR) is 119 cm³/mol. The Labute approximate surface area is 187 Å². The highest BCUT2D eigenvalue weighted by molar-refractivity contribution is 7.92. The van der Waals surface area contributed by atoms with E-state index in [0.29, 0.717) is 10.6 Å². The number of amides is 1. The summed E-state index contributed by atoms with van der Waals surface area (Å²) in [5.74, 6) is -1.27. The van der Waals surface area contributed by atoms with Crippen LogP contribution in [0.1, 0.15) is 15.9 Å². The number of phenols is 2. The number of anilines is 1. The zero-order valence-electron chi connectivity index (χ0n) is 15.6. The Morgan fingerprint density at radius 1 is 0.968 bits per heavy atom. The number of carbonyl (C=O) groups excluding carboxylic acids is 1. The minimum Gasteiger partial charge on any atom is -0.504 e. The van der Waals surface area contributed by atoms with Gasteiger partial charge in [0.15, 0.2) is 11.5 Å². The fraction of sp³-hybridized carbons (Fsp3) is 0. The molecule has 0 radical (unpaired) electrons. The highest BCUT2D eigenvalue weighted by Crippen LogP contribution is 2.28. The number of sulfonamides is 1. The summed E-state index contributed by atoms with van der Waals surface area (Å²) < 4.78 is 27.7. The van der Waals surface area contributed by atoms with Crippen molar-refractivity contribution in [1.82, 2.24) is 5.43 Å². The van der Waals surface area contributed by atoms with Crippen LogP contribution in [0.5, 0.6) is 11.5 Å². The number of hydrogen-bond acceptors (Lipinski definition) is 6. The van der Waals surface area contributed by atoms with Crippen LogP contribution in [0.3, 0.4) is 0 Å². The normalized spacial score (nSPS) is 11.4. The maximum atomic E-state index is 12.7. The largest absolute Gasteiger partial charge is 0.504 e. The summed E-state index contributed by atoms with van der Waals surface area (Å²) in [7, 11) is -4.04. The van der Waals surface area contributed by atoms with Gasteiger partial charge in [-0.05, 0) is 60.2 Å². The molecule has 0 atom stereocenters. The number of phenolic OH excluding ortho intramolecular Hbond substituents is 2. The lowest BCUT2D eigenvalue weighted by molar-refractivity contribution is 0.0955. The topological polar surface area (TPSA) is 128 Å². The second-order valence-electron chi connectivity index (χ2n) is 6.20. The van der Waals surface area contributed by atoms with Crippen LogP contribution in [-0.4, -0.2) is 30.8 Å². The van der Waals surface area contributed by atoms with Crippen molar-refractivity contribution < 1.29 is 23.4 Å². The van der Waals surface area contributed by atoms with Gasteiger partial charge in [-0.15, -0.1) is 0 Å². The number of carbonyl (C=O) groups is 1. The summed E-state index contributed by atoms with van der Waals surface area (Å²) in [4.78, 5) is 12.2. The van der Waals surface area contributed by atoms with Crippen LogP contribution in [0.2, 0.25) is 10.0 Å². The molecule has 3 aromatic carbocycles. The number of nitrogens with zero attached hydrogens (tertiary/aromatic N) is 1. The first-order chi connectivity index (χ1) is 14.7. The Morgan fingerprint density at radius 2 is 1.74 bits per heavy atom. The zero-order chi connectivity index (χ0) is 22.6. The van der Waals surface area contributed by atoms with Crippen molar-refractivity contribution in [3.05, 3.63) is 81.8 Å². The van der Waals surface area contributed by atoms with Gasteiger partial charge in [-0.3, -0.25) is 9.52 Å². The van der Waals surface area contributed by atoms with E-state index < -0.39 is 15.9 Å². The Hall–Kier alpha value is -3.27. The molecule has 0 fully saturated rings. The Kier molecular flexibility index (Phi) is 6.69. The fourth-order valence-electron chi connectivity index (χ4n) is 2.43. The van der Waals surface area contributed by atoms with Gasteiger partial charge in [0, 0.05) is 10.6 Å². The lowest BCUT2D eigenvalue weighted by atomic mass is 10.2. The number of halogens is 2. The number of hydrazone groups is 1. The lowest BCUT2D eigenvalue weighted by Gasteiger charge is -2.11. The van der Waals surface area contributed by atoms with Crippen LogP contribution >= 0.6 is 23.2 Å². The quantitative estimate of drug-likeness (QED) is 0.241. The highest BCUT2D eigenvalue weighted by Gasteiger charge is 2.18. The molecule has 0 aliphatic rings. The maximum absolute atomic E-state index is 12.7. The molecule has 0 saturated heterocycles. The van der Waals surface area contributed by atoms with Crippen LogP contribution in [0, 0.1) is 0 Å². The first-order valence-electron chi connectivity index (χ1n) is 8.59. The van der Waals surface area contributed by atoms with Crippen LogP contribution < -0.4 is 10.1 Å². The zero-order valence-corrected chi connectivity index (χ0v) is 17.9. The summed E-state index contributed by atoms with van der Waals surface area (Å²) >= 11 is 11.9. The maximum Gasteiger partial charge on any atom is 0.271 e. The second kappa shape index (κ2) is 9.25. The van der Waals surface area contributed by atoms with E-state index in [1.807, 2.05) is 0 Å². The first kappa shape index (κ1) is 22.4. The molecule has 3 rings (SSSR count). The molecule has 0 spiro atoms. The molecular weight excluding hydrogens is 465 g/mol. The smallest absolute Gasteiger partial charge is 0.271 e. The average Bonchev–Trinajstić information content (AvgIpc) is 2.73. The van der Waals surface area contributed by atoms with Gasteiger partial charge < -0.3 is 10.2 Å². The molecule has 31 heavy (non-hydrogen) atoms. The molecule has 3 aromatic rings.